The maximum atomic E-state index is 10.9. The van der Waals surface area contributed by atoms with Crippen LogP contribution in [-0.4, -0.2) is 39.0 Å². The molecule has 1 aromatic heterocycles. The number of aryl methyl sites for hydroxylation is 2. The van der Waals surface area contributed by atoms with Gasteiger partial charge in [-0.05, 0) is 35.2 Å². The van der Waals surface area contributed by atoms with Gasteiger partial charge in [0, 0.05) is 12.5 Å². The second kappa shape index (κ2) is 7.50. The van der Waals surface area contributed by atoms with E-state index in [2.05, 4.69) is 10.6 Å². The van der Waals surface area contributed by atoms with Crippen LogP contribution in [0.1, 0.15) is 5.56 Å². The summed E-state index contributed by atoms with van der Waals surface area (Å²) >= 11 is 0. The van der Waals surface area contributed by atoms with E-state index >= 15 is 0 Å². The number of rotatable bonds is 6. The third-order valence-electron chi connectivity index (χ3n) is 5.14. The van der Waals surface area contributed by atoms with Crippen LogP contribution in [0.3, 0.4) is 0 Å². The average Bonchev–Trinajstić information content (AvgIpc) is 2.74. The molecule has 150 valence electrons. The molecular formula is C22H22NO6+. The van der Waals surface area contributed by atoms with Gasteiger partial charge < -0.3 is 24.1 Å². The van der Waals surface area contributed by atoms with Crippen molar-refractivity contribution in [2.75, 3.05) is 27.9 Å². The molecule has 7 heteroatoms. The van der Waals surface area contributed by atoms with Crippen molar-refractivity contribution in [2.24, 2.45) is 0 Å². The first-order chi connectivity index (χ1) is 14.0. The predicted octanol–water partition coefficient (Wildman–Crippen LogP) is 2.84. The highest BCUT2D eigenvalue weighted by molar-refractivity contribution is 5.92. The second-order valence-corrected chi connectivity index (χ2v) is 6.75. The van der Waals surface area contributed by atoms with Crippen LogP contribution < -0.4 is 23.5 Å². The molecule has 1 aliphatic rings. The Balaban J connectivity index is 1.86. The van der Waals surface area contributed by atoms with Crippen LogP contribution >= 0.6 is 0 Å². The Bertz CT molecular complexity index is 1110. The van der Waals surface area contributed by atoms with Crippen molar-refractivity contribution < 1.29 is 33.4 Å². The maximum Gasteiger partial charge on any atom is 0.341 e. The predicted molar refractivity (Wildman–Crippen MR) is 106 cm³/mol. The number of carbonyl (C=O) groups is 1. The number of nitrogens with zero attached hydrogens (tertiary/aromatic N) is 1. The van der Waals surface area contributed by atoms with E-state index in [0.29, 0.717) is 17.2 Å². The van der Waals surface area contributed by atoms with E-state index in [1.165, 1.54) is 5.56 Å². The first kappa shape index (κ1) is 18.9. The van der Waals surface area contributed by atoms with E-state index in [1.54, 1.807) is 27.4 Å². The summed E-state index contributed by atoms with van der Waals surface area (Å²) in [6.45, 7) is 0.381. The van der Waals surface area contributed by atoms with Crippen molar-refractivity contribution >= 4 is 16.7 Å². The number of carboxylic acids is 1. The van der Waals surface area contributed by atoms with Crippen molar-refractivity contribution in [1.82, 2.24) is 0 Å². The number of hydrogen-bond acceptors (Lipinski definition) is 5. The van der Waals surface area contributed by atoms with E-state index in [1.807, 2.05) is 24.4 Å². The van der Waals surface area contributed by atoms with Crippen molar-refractivity contribution in [1.29, 1.82) is 0 Å². The smallest absolute Gasteiger partial charge is 0.341 e. The molecule has 0 fully saturated rings. The number of fused-ring (bicyclic) bond motifs is 4. The van der Waals surface area contributed by atoms with Crippen molar-refractivity contribution in [3.63, 3.8) is 0 Å². The summed E-state index contributed by atoms with van der Waals surface area (Å²) in [6, 6.07) is 9.78. The molecule has 0 amide bonds. The topological polar surface area (TPSA) is 78.1 Å². The first-order valence-corrected chi connectivity index (χ1v) is 9.19. The lowest BCUT2D eigenvalue weighted by Crippen LogP contribution is -2.40. The highest BCUT2D eigenvalue weighted by Crippen LogP contribution is 2.40. The molecule has 0 atom stereocenters. The lowest BCUT2D eigenvalue weighted by Gasteiger charge is -2.19. The maximum absolute atomic E-state index is 10.9. The molecule has 7 nitrogen and oxygen atoms in total. The molecule has 3 aromatic rings. The normalized spacial score (nSPS) is 12.1. The molecule has 0 saturated heterocycles. The van der Waals surface area contributed by atoms with Gasteiger partial charge in [0.15, 0.2) is 42.3 Å². The van der Waals surface area contributed by atoms with Crippen molar-refractivity contribution in [3.8, 4) is 34.3 Å². The van der Waals surface area contributed by atoms with Crippen LogP contribution in [0.2, 0.25) is 0 Å². The standard InChI is InChI=1S/C22H21NO6/c1-26-19-9-14-6-7-23-11-16-13(8-17(23)15(14)10-20(19)27-2)4-5-18(22(16)28-3)29-12-21(24)25/h4-5,8-11H,6-7,12H2,1-3H3/p+1. The molecule has 0 spiro atoms. The van der Waals surface area contributed by atoms with E-state index in [4.69, 9.17) is 24.1 Å². The van der Waals surface area contributed by atoms with Crippen molar-refractivity contribution in [3.05, 3.63) is 42.1 Å². The fraction of sp³-hybridized carbons (Fsp3) is 0.273. The fourth-order valence-corrected chi connectivity index (χ4v) is 3.80. The van der Waals surface area contributed by atoms with E-state index < -0.39 is 12.6 Å². The molecule has 0 saturated carbocycles. The second-order valence-electron chi connectivity index (χ2n) is 6.75. The minimum Gasteiger partial charge on any atom is -0.493 e. The van der Waals surface area contributed by atoms with Gasteiger partial charge in [-0.25, -0.2) is 4.79 Å². The molecule has 0 radical (unpaired) electrons. The zero-order valence-electron chi connectivity index (χ0n) is 16.5. The number of ether oxygens (including phenoxy) is 4. The van der Waals surface area contributed by atoms with E-state index in [-0.39, 0.29) is 0 Å². The van der Waals surface area contributed by atoms with Gasteiger partial charge in [0.1, 0.15) is 0 Å². The van der Waals surface area contributed by atoms with Gasteiger partial charge in [0.05, 0.1) is 32.3 Å². The van der Waals surface area contributed by atoms with Gasteiger partial charge in [-0.3, -0.25) is 0 Å². The van der Waals surface area contributed by atoms with Gasteiger partial charge in [-0.1, -0.05) is 0 Å². The summed E-state index contributed by atoms with van der Waals surface area (Å²) in [5.41, 5.74) is 3.37. The Kier molecular flexibility index (Phi) is 4.88. The number of hydrogen-bond donors (Lipinski definition) is 1. The Morgan fingerprint density at radius 1 is 1.03 bits per heavy atom. The van der Waals surface area contributed by atoms with E-state index in [0.717, 1.165) is 40.7 Å². The summed E-state index contributed by atoms with van der Waals surface area (Å²) in [7, 11) is 4.82. The van der Waals surface area contributed by atoms with Gasteiger partial charge in [-0.2, -0.15) is 4.57 Å². The monoisotopic (exact) mass is 396 g/mol. The molecule has 0 unspecified atom stereocenters. The van der Waals surface area contributed by atoms with E-state index in [9.17, 15) is 4.79 Å². The largest absolute Gasteiger partial charge is 0.493 e. The summed E-state index contributed by atoms with van der Waals surface area (Å²) < 4.78 is 24.0. The fourth-order valence-electron chi connectivity index (χ4n) is 3.80. The Labute approximate surface area is 168 Å². The van der Waals surface area contributed by atoms with Crippen LogP contribution in [0.25, 0.3) is 22.0 Å². The van der Waals surface area contributed by atoms with Gasteiger partial charge in [0.2, 0.25) is 5.69 Å². The highest BCUT2D eigenvalue weighted by atomic mass is 16.5. The van der Waals surface area contributed by atoms with Crippen LogP contribution in [-0.2, 0) is 17.8 Å². The Morgan fingerprint density at radius 3 is 2.48 bits per heavy atom. The average molecular weight is 396 g/mol. The molecule has 2 heterocycles. The van der Waals surface area contributed by atoms with Crippen LogP contribution in [0, 0.1) is 0 Å². The van der Waals surface area contributed by atoms with Crippen LogP contribution in [0.4, 0.5) is 0 Å². The van der Waals surface area contributed by atoms with Gasteiger partial charge in [0.25, 0.3) is 0 Å². The molecule has 29 heavy (non-hydrogen) atoms. The third kappa shape index (κ3) is 3.29. The summed E-state index contributed by atoms with van der Waals surface area (Å²) in [5.74, 6) is 1.31. The van der Waals surface area contributed by atoms with Gasteiger partial charge in [-0.15, -0.1) is 0 Å². The SMILES string of the molecule is COc1cc2c(cc1OC)-c1cc3ccc(OCC(=O)O)c(OC)c3c[n+]1CC2. The lowest BCUT2D eigenvalue weighted by atomic mass is 9.95. The quantitative estimate of drug-likeness (QED) is 0.646. The third-order valence-corrected chi connectivity index (χ3v) is 5.14. The van der Waals surface area contributed by atoms with Crippen LogP contribution in [0.15, 0.2) is 36.5 Å². The van der Waals surface area contributed by atoms with Gasteiger partial charge >= 0.3 is 5.97 Å². The minimum atomic E-state index is -1.03. The minimum absolute atomic E-state index is 0.408. The number of aromatic nitrogens is 1. The number of benzene rings is 2. The number of pyridine rings is 1. The number of methoxy groups -OCH3 is 3. The summed E-state index contributed by atoms with van der Waals surface area (Å²) in [6.07, 6.45) is 2.88. The van der Waals surface area contributed by atoms with Crippen LogP contribution in [0.5, 0.6) is 23.0 Å². The highest BCUT2D eigenvalue weighted by Gasteiger charge is 2.27. The molecule has 0 bridgehead atoms. The molecule has 2 aromatic carbocycles. The molecule has 1 aliphatic heterocycles. The summed E-state index contributed by atoms with van der Waals surface area (Å²) in [4.78, 5) is 10.9. The Morgan fingerprint density at radius 2 is 1.79 bits per heavy atom. The number of carboxylic acid groups (broad SMARTS) is 1. The lowest BCUT2D eigenvalue weighted by molar-refractivity contribution is -0.686. The number of aliphatic carboxylic acids is 1. The molecule has 4 rings (SSSR count). The van der Waals surface area contributed by atoms with Crippen molar-refractivity contribution in [2.45, 2.75) is 13.0 Å². The first-order valence-electron chi connectivity index (χ1n) is 9.19. The summed E-state index contributed by atoms with van der Waals surface area (Å²) in [5, 5.41) is 10.7. The zero-order valence-corrected chi connectivity index (χ0v) is 16.5. The zero-order chi connectivity index (χ0) is 20.5. The Hall–Kier alpha value is -3.48. The molecular weight excluding hydrogens is 374 g/mol. The molecule has 1 N–H and O–H groups in total. The molecule has 0 aliphatic carbocycles.